The standard InChI is InChI=1S/C18H28N2O3S/c1-15-9-8-10-16(2)18(15)19-17(21)11-4-7-14-24(22,23)20-12-5-3-6-13-20/h8-10H,3-7,11-14H2,1-2H3,(H,19,21). The Morgan fingerprint density at radius 2 is 1.71 bits per heavy atom. The van der Waals surface area contributed by atoms with Gasteiger partial charge in [-0.05, 0) is 50.7 Å². The number of hydrogen-bond donors (Lipinski definition) is 1. The zero-order chi connectivity index (χ0) is 17.6. The molecule has 1 amide bonds. The number of unbranched alkanes of at least 4 members (excludes halogenated alkanes) is 1. The number of para-hydroxylation sites is 1. The average Bonchev–Trinajstić information content (AvgIpc) is 2.56. The first-order valence-electron chi connectivity index (χ1n) is 8.74. The summed E-state index contributed by atoms with van der Waals surface area (Å²) in [4.78, 5) is 12.1. The predicted molar refractivity (Wildman–Crippen MR) is 97.6 cm³/mol. The normalized spacial score (nSPS) is 16.1. The van der Waals surface area contributed by atoms with Gasteiger partial charge in [-0.3, -0.25) is 4.79 Å². The Labute approximate surface area is 145 Å². The lowest BCUT2D eigenvalue weighted by Gasteiger charge is -2.25. The SMILES string of the molecule is Cc1cccc(C)c1NC(=O)CCCCS(=O)(=O)N1CCCCC1. The average molecular weight is 353 g/mol. The number of sulfonamides is 1. The summed E-state index contributed by atoms with van der Waals surface area (Å²) in [6.45, 7) is 5.23. The Morgan fingerprint density at radius 1 is 1.08 bits per heavy atom. The Balaban J connectivity index is 1.74. The molecule has 0 aromatic heterocycles. The van der Waals surface area contributed by atoms with Gasteiger partial charge < -0.3 is 5.32 Å². The minimum atomic E-state index is -3.15. The second-order valence-electron chi connectivity index (χ2n) is 6.55. The van der Waals surface area contributed by atoms with E-state index in [4.69, 9.17) is 0 Å². The van der Waals surface area contributed by atoms with Gasteiger partial charge in [-0.2, -0.15) is 0 Å². The number of carbonyl (C=O) groups is 1. The van der Waals surface area contributed by atoms with Crippen molar-refractivity contribution in [1.82, 2.24) is 4.31 Å². The highest BCUT2D eigenvalue weighted by Gasteiger charge is 2.23. The van der Waals surface area contributed by atoms with E-state index in [0.29, 0.717) is 32.4 Å². The third-order valence-corrected chi connectivity index (χ3v) is 6.47. The fraction of sp³-hybridized carbons (Fsp3) is 0.611. The zero-order valence-corrected chi connectivity index (χ0v) is 15.5. The molecule has 0 radical (unpaired) electrons. The summed E-state index contributed by atoms with van der Waals surface area (Å²) < 4.78 is 26.1. The molecule has 0 saturated carbocycles. The topological polar surface area (TPSA) is 66.5 Å². The first kappa shape index (κ1) is 18.9. The molecule has 6 heteroatoms. The van der Waals surface area contributed by atoms with E-state index in [-0.39, 0.29) is 11.7 Å². The summed E-state index contributed by atoms with van der Waals surface area (Å²) >= 11 is 0. The molecule has 1 saturated heterocycles. The minimum absolute atomic E-state index is 0.0530. The number of piperidine rings is 1. The van der Waals surface area contributed by atoms with Crippen LogP contribution >= 0.6 is 0 Å². The number of rotatable bonds is 7. The quantitative estimate of drug-likeness (QED) is 0.766. The summed E-state index contributed by atoms with van der Waals surface area (Å²) in [5, 5.41) is 2.94. The van der Waals surface area contributed by atoms with Gasteiger partial charge in [-0.25, -0.2) is 12.7 Å². The van der Waals surface area contributed by atoms with Crippen LogP contribution in [0.15, 0.2) is 18.2 Å². The zero-order valence-electron chi connectivity index (χ0n) is 14.7. The minimum Gasteiger partial charge on any atom is -0.326 e. The monoisotopic (exact) mass is 352 g/mol. The summed E-state index contributed by atoms with van der Waals surface area (Å²) in [6.07, 6.45) is 4.49. The van der Waals surface area contributed by atoms with Crippen LogP contribution in [0.4, 0.5) is 5.69 Å². The van der Waals surface area contributed by atoms with Crippen molar-refractivity contribution in [3.05, 3.63) is 29.3 Å². The Kier molecular flexibility index (Phi) is 6.80. The summed E-state index contributed by atoms with van der Waals surface area (Å²) in [5.41, 5.74) is 2.94. The van der Waals surface area contributed by atoms with E-state index >= 15 is 0 Å². The van der Waals surface area contributed by atoms with Crippen LogP contribution in [-0.4, -0.2) is 37.5 Å². The van der Waals surface area contributed by atoms with Gasteiger partial charge >= 0.3 is 0 Å². The Hall–Kier alpha value is -1.40. The summed E-state index contributed by atoms with van der Waals surface area (Å²) in [5.74, 6) is 0.0895. The van der Waals surface area contributed by atoms with E-state index in [1.165, 1.54) is 0 Å². The maximum Gasteiger partial charge on any atom is 0.224 e. The molecule has 1 aliphatic heterocycles. The van der Waals surface area contributed by atoms with Gasteiger partial charge in [-0.15, -0.1) is 0 Å². The molecular weight excluding hydrogens is 324 g/mol. The Morgan fingerprint density at radius 3 is 2.33 bits per heavy atom. The number of anilines is 1. The van der Waals surface area contributed by atoms with Crippen LogP contribution in [-0.2, 0) is 14.8 Å². The number of nitrogens with zero attached hydrogens (tertiary/aromatic N) is 1. The van der Waals surface area contributed by atoms with Gasteiger partial charge in [0.05, 0.1) is 5.75 Å². The number of carbonyl (C=O) groups excluding carboxylic acids is 1. The first-order valence-corrected chi connectivity index (χ1v) is 10.3. The molecule has 0 aliphatic carbocycles. The lowest BCUT2D eigenvalue weighted by Crippen LogP contribution is -2.37. The van der Waals surface area contributed by atoms with Crippen LogP contribution in [0.5, 0.6) is 0 Å². The molecular formula is C18H28N2O3S. The molecule has 0 atom stereocenters. The van der Waals surface area contributed by atoms with Gasteiger partial charge in [0.15, 0.2) is 0 Å². The molecule has 1 aliphatic rings. The number of nitrogens with one attached hydrogen (secondary N) is 1. The summed E-state index contributed by atoms with van der Waals surface area (Å²) in [7, 11) is -3.15. The molecule has 2 rings (SSSR count). The van der Waals surface area contributed by atoms with E-state index < -0.39 is 10.0 Å². The fourth-order valence-corrected chi connectivity index (χ4v) is 4.70. The third-order valence-electron chi connectivity index (χ3n) is 4.51. The largest absolute Gasteiger partial charge is 0.326 e. The van der Waals surface area contributed by atoms with E-state index in [9.17, 15) is 13.2 Å². The van der Waals surface area contributed by atoms with Crippen molar-refractivity contribution in [3.8, 4) is 0 Å². The molecule has 0 unspecified atom stereocenters. The lowest BCUT2D eigenvalue weighted by molar-refractivity contribution is -0.116. The predicted octanol–water partition coefficient (Wildman–Crippen LogP) is 3.23. The van der Waals surface area contributed by atoms with E-state index in [1.54, 1.807) is 4.31 Å². The van der Waals surface area contributed by atoms with Crippen LogP contribution in [0.2, 0.25) is 0 Å². The van der Waals surface area contributed by atoms with Crippen molar-refractivity contribution in [2.45, 2.75) is 52.4 Å². The Bertz CT molecular complexity index is 645. The lowest BCUT2D eigenvalue weighted by atomic mass is 10.1. The number of hydrogen-bond acceptors (Lipinski definition) is 3. The highest BCUT2D eigenvalue weighted by molar-refractivity contribution is 7.89. The van der Waals surface area contributed by atoms with Crippen molar-refractivity contribution in [2.24, 2.45) is 0 Å². The van der Waals surface area contributed by atoms with E-state index in [2.05, 4.69) is 5.32 Å². The molecule has 134 valence electrons. The van der Waals surface area contributed by atoms with Crippen molar-refractivity contribution in [3.63, 3.8) is 0 Å². The molecule has 5 nitrogen and oxygen atoms in total. The van der Waals surface area contributed by atoms with Gasteiger partial charge in [0.2, 0.25) is 15.9 Å². The van der Waals surface area contributed by atoms with Crippen LogP contribution < -0.4 is 5.32 Å². The molecule has 1 fully saturated rings. The smallest absolute Gasteiger partial charge is 0.224 e. The van der Waals surface area contributed by atoms with Crippen LogP contribution in [0.25, 0.3) is 0 Å². The van der Waals surface area contributed by atoms with Crippen LogP contribution in [0.3, 0.4) is 0 Å². The van der Waals surface area contributed by atoms with E-state index in [0.717, 1.165) is 36.1 Å². The molecule has 1 heterocycles. The molecule has 1 aromatic carbocycles. The number of benzene rings is 1. The van der Waals surface area contributed by atoms with Gasteiger partial charge in [-0.1, -0.05) is 24.6 Å². The molecule has 0 spiro atoms. The first-order chi connectivity index (χ1) is 11.4. The maximum absolute atomic E-state index is 12.2. The van der Waals surface area contributed by atoms with Crippen molar-refractivity contribution in [1.29, 1.82) is 0 Å². The fourth-order valence-electron chi connectivity index (χ4n) is 3.06. The number of amides is 1. The van der Waals surface area contributed by atoms with Crippen molar-refractivity contribution < 1.29 is 13.2 Å². The highest BCUT2D eigenvalue weighted by Crippen LogP contribution is 2.20. The second-order valence-corrected chi connectivity index (χ2v) is 8.64. The second kappa shape index (κ2) is 8.62. The van der Waals surface area contributed by atoms with Crippen LogP contribution in [0, 0.1) is 13.8 Å². The van der Waals surface area contributed by atoms with Gasteiger partial charge in [0.25, 0.3) is 0 Å². The molecule has 1 aromatic rings. The molecule has 24 heavy (non-hydrogen) atoms. The number of aryl methyl sites for hydroxylation is 2. The molecule has 1 N–H and O–H groups in total. The third kappa shape index (κ3) is 5.31. The van der Waals surface area contributed by atoms with Crippen molar-refractivity contribution in [2.75, 3.05) is 24.2 Å². The van der Waals surface area contributed by atoms with Crippen molar-refractivity contribution >= 4 is 21.6 Å². The summed E-state index contributed by atoms with van der Waals surface area (Å²) in [6, 6.07) is 5.90. The maximum atomic E-state index is 12.2. The molecule has 0 bridgehead atoms. The van der Waals surface area contributed by atoms with Crippen LogP contribution in [0.1, 0.15) is 49.7 Å². The van der Waals surface area contributed by atoms with E-state index in [1.807, 2.05) is 32.0 Å². The van der Waals surface area contributed by atoms with Gasteiger partial charge in [0.1, 0.15) is 0 Å². The highest BCUT2D eigenvalue weighted by atomic mass is 32.2. The van der Waals surface area contributed by atoms with Gasteiger partial charge in [0, 0.05) is 25.2 Å².